The molecule has 1 aromatic heterocycles. The van der Waals surface area contributed by atoms with Crippen molar-refractivity contribution in [2.45, 2.75) is 20.8 Å². The van der Waals surface area contributed by atoms with Gasteiger partial charge >= 0.3 is 0 Å². The van der Waals surface area contributed by atoms with Crippen LogP contribution in [-0.4, -0.2) is 24.5 Å². The number of pyridine rings is 1. The molecule has 128 valence electrons. The summed E-state index contributed by atoms with van der Waals surface area (Å²) in [5, 5.41) is 3.90. The number of nitrogens with one attached hydrogen (secondary N) is 1. The SMILES string of the molecule is CCN(C)c1cccc(NC(=O)c2cc(C)nc3ccc(C)cc23)c1. The molecule has 1 amide bonds. The number of rotatable bonds is 4. The molecule has 0 aliphatic heterocycles. The number of nitrogens with zero attached hydrogens (tertiary/aromatic N) is 2. The van der Waals surface area contributed by atoms with Gasteiger partial charge in [-0.05, 0) is 57.2 Å². The number of fused-ring (bicyclic) bond motifs is 1. The van der Waals surface area contributed by atoms with Crippen LogP contribution in [0.2, 0.25) is 0 Å². The van der Waals surface area contributed by atoms with E-state index in [2.05, 4.69) is 22.1 Å². The third kappa shape index (κ3) is 3.63. The molecule has 0 bridgehead atoms. The Labute approximate surface area is 148 Å². The molecular weight excluding hydrogens is 310 g/mol. The molecule has 0 aliphatic rings. The van der Waals surface area contributed by atoms with Crippen molar-refractivity contribution in [1.29, 1.82) is 0 Å². The van der Waals surface area contributed by atoms with Crippen molar-refractivity contribution in [3.63, 3.8) is 0 Å². The summed E-state index contributed by atoms with van der Waals surface area (Å²) in [5.74, 6) is -0.114. The van der Waals surface area contributed by atoms with E-state index in [4.69, 9.17) is 0 Å². The Morgan fingerprint density at radius 2 is 1.92 bits per heavy atom. The Morgan fingerprint density at radius 1 is 1.12 bits per heavy atom. The molecule has 0 saturated heterocycles. The normalized spacial score (nSPS) is 10.7. The lowest BCUT2D eigenvalue weighted by atomic mass is 10.0. The first-order valence-corrected chi connectivity index (χ1v) is 8.48. The molecular formula is C21H23N3O. The van der Waals surface area contributed by atoms with Gasteiger partial charge in [0, 0.05) is 36.0 Å². The van der Waals surface area contributed by atoms with Gasteiger partial charge in [0.2, 0.25) is 0 Å². The van der Waals surface area contributed by atoms with Crippen LogP contribution >= 0.6 is 0 Å². The fourth-order valence-electron chi connectivity index (χ4n) is 2.86. The lowest BCUT2D eigenvalue weighted by molar-refractivity contribution is 0.102. The van der Waals surface area contributed by atoms with Crippen LogP contribution in [0.25, 0.3) is 10.9 Å². The van der Waals surface area contributed by atoms with Crippen molar-refractivity contribution in [2.24, 2.45) is 0 Å². The van der Waals surface area contributed by atoms with Gasteiger partial charge in [0.15, 0.2) is 0 Å². The largest absolute Gasteiger partial charge is 0.375 e. The van der Waals surface area contributed by atoms with Crippen LogP contribution in [0, 0.1) is 13.8 Å². The van der Waals surface area contributed by atoms with Gasteiger partial charge in [-0.25, -0.2) is 0 Å². The van der Waals surface area contributed by atoms with Crippen LogP contribution in [-0.2, 0) is 0 Å². The van der Waals surface area contributed by atoms with Crippen LogP contribution in [0.1, 0.15) is 28.5 Å². The van der Waals surface area contributed by atoms with E-state index in [0.29, 0.717) is 5.56 Å². The first-order valence-electron chi connectivity index (χ1n) is 8.48. The van der Waals surface area contributed by atoms with Gasteiger partial charge in [-0.3, -0.25) is 9.78 Å². The molecule has 1 N–H and O–H groups in total. The Morgan fingerprint density at radius 3 is 2.68 bits per heavy atom. The van der Waals surface area contributed by atoms with Crippen LogP contribution in [0.3, 0.4) is 0 Å². The van der Waals surface area contributed by atoms with Crippen molar-refractivity contribution in [1.82, 2.24) is 4.98 Å². The zero-order valence-electron chi connectivity index (χ0n) is 15.1. The van der Waals surface area contributed by atoms with Gasteiger partial charge in [-0.15, -0.1) is 0 Å². The molecule has 0 atom stereocenters. The minimum Gasteiger partial charge on any atom is -0.375 e. The van der Waals surface area contributed by atoms with E-state index < -0.39 is 0 Å². The summed E-state index contributed by atoms with van der Waals surface area (Å²) >= 11 is 0. The van der Waals surface area contributed by atoms with Gasteiger partial charge in [0.05, 0.1) is 11.1 Å². The quantitative estimate of drug-likeness (QED) is 0.761. The summed E-state index contributed by atoms with van der Waals surface area (Å²) in [5.41, 5.74) is 5.31. The number of carbonyl (C=O) groups is 1. The molecule has 4 nitrogen and oxygen atoms in total. The molecule has 2 aromatic carbocycles. The lowest BCUT2D eigenvalue weighted by Crippen LogP contribution is -2.17. The summed E-state index contributed by atoms with van der Waals surface area (Å²) < 4.78 is 0. The summed E-state index contributed by atoms with van der Waals surface area (Å²) in [6, 6.07) is 15.7. The highest BCUT2D eigenvalue weighted by atomic mass is 16.1. The number of amides is 1. The van der Waals surface area contributed by atoms with E-state index in [1.807, 2.05) is 69.4 Å². The number of anilines is 2. The fourth-order valence-corrected chi connectivity index (χ4v) is 2.86. The van der Waals surface area contributed by atoms with Gasteiger partial charge < -0.3 is 10.2 Å². The molecule has 0 spiro atoms. The Hall–Kier alpha value is -2.88. The molecule has 0 radical (unpaired) electrons. The number of aryl methyl sites for hydroxylation is 2. The lowest BCUT2D eigenvalue weighted by Gasteiger charge is -2.18. The number of hydrogen-bond acceptors (Lipinski definition) is 3. The standard InChI is InChI=1S/C21H23N3O/c1-5-24(4)17-8-6-7-16(13-17)23-21(25)19-12-15(3)22-20-10-9-14(2)11-18(19)20/h6-13H,5H2,1-4H3,(H,23,25). The Kier molecular flexibility index (Phi) is 4.70. The third-order valence-electron chi connectivity index (χ3n) is 4.36. The first-order chi connectivity index (χ1) is 12.0. The van der Waals surface area contributed by atoms with Crippen LogP contribution in [0.15, 0.2) is 48.5 Å². The van der Waals surface area contributed by atoms with E-state index in [-0.39, 0.29) is 5.91 Å². The predicted molar refractivity (Wildman–Crippen MR) is 105 cm³/mol. The highest BCUT2D eigenvalue weighted by Gasteiger charge is 2.13. The topological polar surface area (TPSA) is 45.2 Å². The summed E-state index contributed by atoms with van der Waals surface area (Å²) in [4.78, 5) is 19.5. The van der Waals surface area contributed by atoms with Crippen molar-refractivity contribution in [3.8, 4) is 0 Å². The first kappa shape index (κ1) is 17.0. The average molecular weight is 333 g/mol. The number of aromatic nitrogens is 1. The second kappa shape index (κ2) is 6.93. The maximum absolute atomic E-state index is 12.9. The molecule has 0 saturated carbocycles. The van der Waals surface area contributed by atoms with Gasteiger partial charge in [0.25, 0.3) is 5.91 Å². The highest BCUT2D eigenvalue weighted by molar-refractivity contribution is 6.12. The van der Waals surface area contributed by atoms with E-state index >= 15 is 0 Å². The highest BCUT2D eigenvalue weighted by Crippen LogP contribution is 2.23. The van der Waals surface area contributed by atoms with E-state index in [9.17, 15) is 4.79 Å². The zero-order chi connectivity index (χ0) is 18.0. The molecule has 0 aliphatic carbocycles. The second-order valence-electron chi connectivity index (χ2n) is 6.35. The maximum Gasteiger partial charge on any atom is 0.256 e. The van der Waals surface area contributed by atoms with Crippen molar-refractivity contribution < 1.29 is 4.79 Å². The monoisotopic (exact) mass is 333 g/mol. The Balaban J connectivity index is 1.97. The fraction of sp³-hybridized carbons (Fsp3) is 0.238. The van der Waals surface area contributed by atoms with Crippen molar-refractivity contribution in [2.75, 3.05) is 23.8 Å². The summed E-state index contributed by atoms with van der Waals surface area (Å²) in [6.45, 7) is 6.93. The number of benzene rings is 2. The summed E-state index contributed by atoms with van der Waals surface area (Å²) in [7, 11) is 2.03. The number of carbonyl (C=O) groups excluding carboxylic acids is 1. The van der Waals surface area contributed by atoms with E-state index in [1.165, 1.54) is 0 Å². The van der Waals surface area contributed by atoms with E-state index in [0.717, 1.165) is 40.1 Å². The maximum atomic E-state index is 12.9. The molecule has 0 unspecified atom stereocenters. The second-order valence-corrected chi connectivity index (χ2v) is 6.35. The zero-order valence-corrected chi connectivity index (χ0v) is 15.1. The van der Waals surface area contributed by atoms with Crippen molar-refractivity contribution >= 4 is 28.2 Å². The smallest absolute Gasteiger partial charge is 0.256 e. The Bertz CT molecular complexity index is 934. The third-order valence-corrected chi connectivity index (χ3v) is 4.36. The van der Waals surface area contributed by atoms with Gasteiger partial charge in [-0.2, -0.15) is 0 Å². The molecule has 3 aromatic rings. The van der Waals surface area contributed by atoms with E-state index in [1.54, 1.807) is 0 Å². The minimum absolute atomic E-state index is 0.114. The molecule has 25 heavy (non-hydrogen) atoms. The molecule has 4 heteroatoms. The molecule has 1 heterocycles. The number of hydrogen-bond donors (Lipinski definition) is 1. The average Bonchev–Trinajstić information content (AvgIpc) is 2.60. The predicted octanol–water partition coefficient (Wildman–Crippen LogP) is 4.56. The van der Waals surface area contributed by atoms with Crippen LogP contribution < -0.4 is 10.2 Å². The van der Waals surface area contributed by atoms with Gasteiger partial charge in [0.1, 0.15) is 0 Å². The summed E-state index contributed by atoms with van der Waals surface area (Å²) in [6.07, 6.45) is 0. The van der Waals surface area contributed by atoms with Crippen LogP contribution in [0.5, 0.6) is 0 Å². The molecule has 0 fully saturated rings. The molecule has 3 rings (SSSR count). The van der Waals surface area contributed by atoms with Crippen LogP contribution in [0.4, 0.5) is 11.4 Å². The van der Waals surface area contributed by atoms with Crippen molar-refractivity contribution in [3.05, 3.63) is 65.4 Å². The minimum atomic E-state index is -0.114. The van der Waals surface area contributed by atoms with Gasteiger partial charge in [-0.1, -0.05) is 17.7 Å².